The lowest BCUT2D eigenvalue weighted by Crippen LogP contribution is -2.08. The van der Waals surface area contributed by atoms with Crippen molar-refractivity contribution in [1.29, 1.82) is 0 Å². The Morgan fingerprint density at radius 1 is 0.458 bits per heavy atom. The number of halogens is 2. The standard InChI is InChI=1S/C22H42F2/c1-19-13-9-5-3-7-12-16-22(24)18-20(2)14-10-6-4-8-11-15-21(23)17-19/h19-22H,3-18H2,1-2H3. The largest absolute Gasteiger partial charge is 0.247 e. The van der Waals surface area contributed by atoms with E-state index in [-0.39, 0.29) is 0 Å². The van der Waals surface area contributed by atoms with Gasteiger partial charge in [-0.2, -0.15) is 0 Å². The molecule has 0 aromatic rings. The molecule has 0 bridgehead atoms. The fraction of sp³-hybridized carbons (Fsp3) is 1.00. The maximum absolute atomic E-state index is 14.0. The summed E-state index contributed by atoms with van der Waals surface area (Å²) in [5.41, 5.74) is 0. The zero-order valence-corrected chi connectivity index (χ0v) is 16.4. The first kappa shape index (κ1) is 21.9. The molecule has 0 aromatic carbocycles. The number of rotatable bonds is 0. The van der Waals surface area contributed by atoms with Gasteiger partial charge in [0.25, 0.3) is 0 Å². The summed E-state index contributed by atoms with van der Waals surface area (Å²) >= 11 is 0. The molecule has 24 heavy (non-hydrogen) atoms. The molecule has 1 saturated carbocycles. The monoisotopic (exact) mass is 344 g/mol. The van der Waals surface area contributed by atoms with E-state index in [1.54, 1.807) is 0 Å². The van der Waals surface area contributed by atoms with E-state index in [0.29, 0.717) is 11.8 Å². The third-order valence-electron chi connectivity index (χ3n) is 5.74. The van der Waals surface area contributed by atoms with E-state index in [2.05, 4.69) is 13.8 Å². The Morgan fingerprint density at radius 3 is 1.12 bits per heavy atom. The van der Waals surface area contributed by atoms with Gasteiger partial charge in [-0.15, -0.1) is 0 Å². The van der Waals surface area contributed by atoms with Crippen LogP contribution in [0.15, 0.2) is 0 Å². The average Bonchev–Trinajstić information content (AvgIpc) is 2.52. The van der Waals surface area contributed by atoms with E-state index in [1.807, 2.05) is 0 Å². The Hall–Kier alpha value is -0.140. The molecule has 0 N–H and O–H groups in total. The van der Waals surface area contributed by atoms with Crippen LogP contribution in [0.25, 0.3) is 0 Å². The van der Waals surface area contributed by atoms with Crippen LogP contribution in [0, 0.1) is 11.8 Å². The Balaban J connectivity index is 2.29. The zero-order valence-electron chi connectivity index (χ0n) is 16.4. The van der Waals surface area contributed by atoms with Gasteiger partial charge in [0.05, 0.1) is 0 Å². The van der Waals surface area contributed by atoms with Gasteiger partial charge in [0.1, 0.15) is 12.3 Å². The van der Waals surface area contributed by atoms with Crippen LogP contribution in [0.2, 0.25) is 0 Å². The molecule has 1 rings (SSSR count). The van der Waals surface area contributed by atoms with Crippen molar-refractivity contribution in [3.63, 3.8) is 0 Å². The number of alkyl halides is 2. The van der Waals surface area contributed by atoms with Gasteiger partial charge in [-0.05, 0) is 37.5 Å². The molecular weight excluding hydrogens is 302 g/mol. The van der Waals surface area contributed by atoms with Gasteiger partial charge in [0.2, 0.25) is 0 Å². The van der Waals surface area contributed by atoms with E-state index in [0.717, 1.165) is 64.2 Å². The molecule has 1 aliphatic rings. The summed E-state index contributed by atoms with van der Waals surface area (Å²) < 4.78 is 28.0. The predicted octanol–water partition coefficient (Wildman–Crippen LogP) is 8.19. The van der Waals surface area contributed by atoms with Crippen LogP contribution in [-0.2, 0) is 0 Å². The Morgan fingerprint density at radius 2 is 0.750 bits per heavy atom. The topological polar surface area (TPSA) is 0 Å². The van der Waals surface area contributed by atoms with Gasteiger partial charge in [-0.25, -0.2) is 8.78 Å². The second-order valence-electron chi connectivity index (χ2n) is 8.57. The molecule has 0 spiro atoms. The summed E-state index contributed by atoms with van der Waals surface area (Å²) in [7, 11) is 0. The van der Waals surface area contributed by atoms with Crippen molar-refractivity contribution in [2.75, 3.05) is 0 Å². The number of hydrogen-bond acceptors (Lipinski definition) is 0. The lowest BCUT2D eigenvalue weighted by molar-refractivity contribution is 0.241. The van der Waals surface area contributed by atoms with Crippen molar-refractivity contribution in [3.05, 3.63) is 0 Å². The van der Waals surface area contributed by atoms with Crippen LogP contribution < -0.4 is 0 Å². The minimum absolute atomic E-state index is 0.516. The Labute approximate surface area is 150 Å². The van der Waals surface area contributed by atoms with Crippen molar-refractivity contribution in [2.24, 2.45) is 11.8 Å². The molecule has 4 atom stereocenters. The molecule has 0 saturated heterocycles. The first-order chi connectivity index (χ1) is 11.6. The van der Waals surface area contributed by atoms with Gasteiger partial charge in [-0.3, -0.25) is 0 Å². The highest BCUT2D eigenvalue weighted by molar-refractivity contribution is 4.65. The lowest BCUT2D eigenvalue weighted by atomic mass is 9.93. The second kappa shape index (κ2) is 14.1. The molecule has 1 fully saturated rings. The Bertz CT molecular complexity index is 227. The molecule has 0 radical (unpaired) electrons. The minimum Gasteiger partial charge on any atom is -0.247 e. The third kappa shape index (κ3) is 12.3. The first-order valence-corrected chi connectivity index (χ1v) is 10.9. The fourth-order valence-electron chi connectivity index (χ4n) is 4.12. The molecule has 0 amide bonds. The molecule has 0 nitrogen and oxygen atoms in total. The summed E-state index contributed by atoms with van der Waals surface area (Å²) in [6, 6.07) is 0. The molecule has 0 aliphatic heterocycles. The summed E-state index contributed by atoms with van der Waals surface area (Å²) in [6.07, 6.45) is 15.9. The maximum atomic E-state index is 14.0. The van der Waals surface area contributed by atoms with Gasteiger partial charge in [0, 0.05) is 0 Å². The predicted molar refractivity (Wildman–Crippen MR) is 102 cm³/mol. The van der Waals surface area contributed by atoms with Crippen LogP contribution in [-0.4, -0.2) is 12.3 Å². The SMILES string of the molecule is CC1CCCCCCCC(F)CC(C)CCCCCCCC(F)C1. The highest BCUT2D eigenvalue weighted by atomic mass is 19.1. The highest BCUT2D eigenvalue weighted by Gasteiger charge is 2.13. The maximum Gasteiger partial charge on any atom is 0.100 e. The van der Waals surface area contributed by atoms with Crippen LogP contribution in [0.1, 0.15) is 117 Å². The summed E-state index contributed by atoms with van der Waals surface area (Å²) in [5, 5.41) is 0. The third-order valence-corrected chi connectivity index (χ3v) is 5.74. The van der Waals surface area contributed by atoms with Gasteiger partial charge in [0.15, 0.2) is 0 Å². The molecule has 2 heteroatoms. The van der Waals surface area contributed by atoms with Crippen LogP contribution in [0.3, 0.4) is 0 Å². The van der Waals surface area contributed by atoms with Crippen molar-refractivity contribution >= 4 is 0 Å². The average molecular weight is 345 g/mol. The lowest BCUT2D eigenvalue weighted by Gasteiger charge is -2.16. The molecule has 4 unspecified atom stereocenters. The van der Waals surface area contributed by atoms with Crippen molar-refractivity contribution < 1.29 is 8.78 Å². The van der Waals surface area contributed by atoms with E-state index >= 15 is 0 Å². The quantitative estimate of drug-likeness (QED) is 0.415. The van der Waals surface area contributed by atoms with Crippen LogP contribution >= 0.6 is 0 Å². The normalized spacial score (nSPS) is 34.5. The van der Waals surface area contributed by atoms with Crippen LogP contribution in [0.4, 0.5) is 8.78 Å². The van der Waals surface area contributed by atoms with Gasteiger partial charge < -0.3 is 0 Å². The highest BCUT2D eigenvalue weighted by Crippen LogP contribution is 2.23. The van der Waals surface area contributed by atoms with E-state index < -0.39 is 12.3 Å². The van der Waals surface area contributed by atoms with Crippen LogP contribution in [0.5, 0.6) is 0 Å². The van der Waals surface area contributed by atoms with Crippen molar-refractivity contribution in [1.82, 2.24) is 0 Å². The van der Waals surface area contributed by atoms with Gasteiger partial charge >= 0.3 is 0 Å². The molecular formula is C22H42F2. The molecule has 1 aliphatic carbocycles. The van der Waals surface area contributed by atoms with E-state index in [9.17, 15) is 8.78 Å². The van der Waals surface area contributed by atoms with Crippen molar-refractivity contribution in [2.45, 2.75) is 129 Å². The van der Waals surface area contributed by atoms with E-state index in [4.69, 9.17) is 0 Å². The van der Waals surface area contributed by atoms with Crippen molar-refractivity contribution in [3.8, 4) is 0 Å². The first-order valence-electron chi connectivity index (χ1n) is 10.9. The smallest absolute Gasteiger partial charge is 0.100 e. The minimum atomic E-state index is -0.591. The summed E-state index contributed by atoms with van der Waals surface area (Å²) in [6.45, 7) is 4.40. The fourth-order valence-corrected chi connectivity index (χ4v) is 4.12. The summed E-state index contributed by atoms with van der Waals surface area (Å²) in [5.74, 6) is 1.03. The second-order valence-corrected chi connectivity index (χ2v) is 8.57. The number of hydrogen-bond donors (Lipinski definition) is 0. The molecule has 144 valence electrons. The van der Waals surface area contributed by atoms with E-state index in [1.165, 1.54) is 38.5 Å². The molecule has 0 aromatic heterocycles. The molecule has 0 heterocycles. The summed E-state index contributed by atoms with van der Waals surface area (Å²) in [4.78, 5) is 0. The van der Waals surface area contributed by atoms with Gasteiger partial charge in [-0.1, -0.05) is 90.9 Å². The Kier molecular flexibility index (Phi) is 12.8. The zero-order chi connectivity index (χ0) is 17.6.